The molecule has 0 amide bonds. The van der Waals surface area contributed by atoms with Gasteiger partial charge in [-0.2, -0.15) is 0 Å². The molecule has 9 heteroatoms. The molecule has 0 aromatic carbocycles. The second-order valence-electron chi connectivity index (χ2n) is 7.26. The average molecular weight is 373 g/mol. The molecule has 0 aliphatic rings. The zero-order valence-electron chi connectivity index (χ0n) is 15.6. The Balaban J connectivity index is 1.97. The van der Waals surface area contributed by atoms with Crippen molar-refractivity contribution in [3.05, 3.63) is 25.0 Å². The lowest BCUT2D eigenvalue weighted by Gasteiger charge is -2.15. The van der Waals surface area contributed by atoms with Gasteiger partial charge in [0.05, 0.1) is 18.1 Å². The molecule has 3 aromatic rings. The van der Waals surface area contributed by atoms with Crippen LogP contribution in [0.1, 0.15) is 0 Å². The van der Waals surface area contributed by atoms with Crippen LogP contribution in [0.3, 0.4) is 0 Å². The molecule has 0 fully saturated rings. The van der Waals surface area contributed by atoms with Crippen LogP contribution in [-0.4, -0.2) is 46.3 Å². The molecule has 8 nitrogen and oxygen atoms in total. The van der Waals surface area contributed by atoms with E-state index in [4.69, 9.17) is 15.2 Å². The van der Waals surface area contributed by atoms with Crippen LogP contribution in [0.25, 0.3) is 22.2 Å². The first-order valence-electron chi connectivity index (χ1n) is 8.42. The molecule has 0 atom stereocenters. The average Bonchev–Trinajstić information content (AvgIpc) is 2.98. The number of nitrogens with zero attached hydrogens (tertiary/aromatic N) is 5. The molecule has 3 aromatic heterocycles. The highest BCUT2D eigenvalue weighted by atomic mass is 28.3. The van der Waals surface area contributed by atoms with Gasteiger partial charge in [0.2, 0.25) is 5.88 Å². The molecule has 3 rings (SSSR count). The molecule has 3 heterocycles. The Hall–Kier alpha value is -2.52. The molecule has 0 aliphatic carbocycles. The standard InChI is InChI=1S/C17H24N6O2Si/c1-24-17-12(7-19-9-22-17)13-8-23(11-25-5-6-26(2,3)4)16-14(13)15(18)20-10-21-16/h7-10H,5-6,11H2,1-4H3,(H2,18,20,21). The fourth-order valence-corrected chi connectivity index (χ4v) is 3.41. The Bertz CT molecular complexity index is 906. The summed E-state index contributed by atoms with van der Waals surface area (Å²) >= 11 is 0. The fraction of sp³-hybridized carbons (Fsp3) is 0.412. The van der Waals surface area contributed by atoms with E-state index in [1.165, 1.54) is 12.7 Å². The third-order valence-electron chi connectivity index (χ3n) is 4.07. The first-order chi connectivity index (χ1) is 12.4. The Labute approximate surface area is 153 Å². The molecule has 0 bridgehead atoms. The minimum Gasteiger partial charge on any atom is -0.480 e. The summed E-state index contributed by atoms with van der Waals surface area (Å²) in [6.07, 6.45) is 6.54. The van der Waals surface area contributed by atoms with Crippen molar-refractivity contribution in [2.75, 3.05) is 19.5 Å². The van der Waals surface area contributed by atoms with Gasteiger partial charge >= 0.3 is 0 Å². The van der Waals surface area contributed by atoms with E-state index in [2.05, 4.69) is 39.6 Å². The maximum Gasteiger partial charge on any atom is 0.224 e. The number of hydrogen-bond donors (Lipinski definition) is 1. The zero-order chi connectivity index (χ0) is 18.7. The van der Waals surface area contributed by atoms with E-state index in [9.17, 15) is 0 Å². The van der Waals surface area contributed by atoms with Crippen LogP contribution in [0, 0.1) is 0 Å². The number of anilines is 1. The second-order valence-corrected chi connectivity index (χ2v) is 12.9. The Morgan fingerprint density at radius 1 is 1.12 bits per heavy atom. The topological polar surface area (TPSA) is 101 Å². The lowest BCUT2D eigenvalue weighted by molar-refractivity contribution is 0.0899. The summed E-state index contributed by atoms with van der Waals surface area (Å²) in [7, 11) is 0.443. The first-order valence-corrected chi connectivity index (χ1v) is 12.1. The van der Waals surface area contributed by atoms with E-state index in [1.807, 2.05) is 10.8 Å². The van der Waals surface area contributed by atoms with Crippen molar-refractivity contribution in [3.8, 4) is 17.0 Å². The second kappa shape index (κ2) is 7.38. The Morgan fingerprint density at radius 3 is 2.65 bits per heavy atom. The summed E-state index contributed by atoms with van der Waals surface area (Å²) in [5.74, 6) is 0.874. The predicted octanol–water partition coefficient (Wildman–Crippen LogP) is 2.79. The van der Waals surface area contributed by atoms with Crippen LogP contribution in [0.2, 0.25) is 25.7 Å². The van der Waals surface area contributed by atoms with E-state index in [0.29, 0.717) is 24.1 Å². The van der Waals surface area contributed by atoms with Gasteiger partial charge in [-0.3, -0.25) is 0 Å². The van der Waals surface area contributed by atoms with Crippen LogP contribution < -0.4 is 10.5 Å². The van der Waals surface area contributed by atoms with Crippen molar-refractivity contribution in [3.63, 3.8) is 0 Å². The van der Waals surface area contributed by atoms with Gasteiger partial charge in [0, 0.05) is 32.6 Å². The number of fused-ring (bicyclic) bond motifs is 1. The van der Waals surface area contributed by atoms with Gasteiger partial charge in [0.25, 0.3) is 0 Å². The van der Waals surface area contributed by atoms with Gasteiger partial charge in [-0.05, 0) is 6.04 Å². The highest BCUT2D eigenvalue weighted by Gasteiger charge is 2.19. The molecule has 0 unspecified atom stereocenters. The van der Waals surface area contributed by atoms with Gasteiger partial charge in [-0.15, -0.1) is 0 Å². The van der Waals surface area contributed by atoms with Crippen molar-refractivity contribution < 1.29 is 9.47 Å². The smallest absolute Gasteiger partial charge is 0.224 e. The number of nitrogen functional groups attached to an aromatic ring is 1. The minimum atomic E-state index is -1.13. The van der Waals surface area contributed by atoms with E-state index in [1.54, 1.807) is 13.3 Å². The highest BCUT2D eigenvalue weighted by Crippen LogP contribution is 2.36. The van der Waals surface area contributed by atoms with E-state index in [-0.39, 0.29) is 0 Å². The zero-order valence-corrected chi connectivity index (χ0v) is 16.6. The van der Waals surface area contributed by atoms with E-state index in [0.717, 1.165) is 29.2 Å². The van der Waals surface area contributed by atoms with Crippen molar-refractivity contribution in [2.24, 2.45) is 0 Å². The molecule has 0 saturated carbocycles. The van der Waals surface area contributed by atoms with Crippen LogP contribution >= 0.6 is 0 Å². The summed E-state index contributed by atoms with van der Waals surface area (Å²) in [5, 5.41) is 0.745. The number of rotatable bonds is 7. The summed E-state index contributed by atoms with van der Waals surface area (Å²) < 4.78 is 13.2. The van der Waals surface area contributed by atoms with Gasteiger partial charge < -0.3 is 19.8 Å². The van der Waals surface area contributed by atoms with Gasteiger partial charge in [-0.25, -0.2) is 19.9 Å². The molecule has 0 saturated heterocycles. The van der Waals surface area contributed by atoms with Crippen molar-refractivity contribution in [1.82, 2.24) is 24.5 Å². The van der Waals surface area contributed by atoms with Crippen molar-refractivity contribution in [2.45, 2.75) is 32.4 Å². The SMILES string of the molecule is COc1ncncc1-c1cn(COCC[Si](C)(C)C)c2ncnc(N)c12. The van der Waals surface area contributed by atoms with Crippen LogP contribution in [0.5, 0.6) is 5.88 Å². The Morgan fingerprint density at radius 2 is 1.92 bits per heavy atom. The van der Waals surface area contributed by atoms with Crippen molar-refractivity contribution in [1.29, 1.82) is 0 Å². The lowest BCUT2D eigenvalue weighted by atomic mass is 10.1. The lowest BCUT2D eigenvalue weighted by Crippen LogP contribution is -2.22. The largest absolute Gasteiger partial charge is 0.480 e. The minimum absolute atomic E-state index is 0.396. The molecular weight excluding hydrogens is 348 g/mol. The maximum absolute atomic E-state index is 6.13. The normalized spacial score (nSPS) is 11.8. The maximum atomic E-state index is 6.13. The predicted molar refractivity (Wildman–Crippen MR) is 104 cm³/mol. The van der Waals surface area contributed by atoms with Crippen molar-refractivity contribution >= 4 is 24.9 Å². The molecule has 2 N–H and O–H groups in total. The fourth-order valence-electron chi connectivity index (χ4n) is 2.66. The van der Waals surface area contributed by atoms with Gasteiger partial charge in [-0.1, -0.05) is 19.6 Å². The number of hydrogen-bond acceptors (Lipinski definition) is 7. The van der Waals surface area contributed by atoms with Crippen LogP contribution in [0.4, 0.5) is 5.82 Å². The molecule has 0 radical (unpaired) electrons. The third kappa shape index (κ3) is 3.83. The van der Waals surface area contributed by atoms with Gasteiger partial charge in [0.1, 0.15) is 30.9 Å². The highest BCUT2D eigenvalue weighted by molar-refractivity contribution is 6.76. The third-order valence-corrected chi connectivity index (χ3v) is 5.77. The van der Waals surface area contributed by atoms with Gasteiger partial charge in [0.15, 0.2) is 0 Å². The number of methoxy groups -OCH3 is 1. The van der Waals surface area contributed by atoms with E-state index < -0.39 is 8.07 Å². The summed E-state index contributed by atoms with van der Waals surface area (Å²) in [6.45, 7) is 8.11. The van der Waals surface area contributed by atoms with Crippen LogP contribution in [-0.2, 0) is 11.5 Å². The molecule has 0 spiro atoms. The molecule has 26 heavy (non-hydrogen) atoms. The monoisotopic (exact) mass is 372 g/mol. The summed E-state index contributed by atoms with van der Waals surface area (Å²) in [6, 6.07) is 1.11. The first kappa shape index (κ1) is 18.3. The molecule has 0 aliphatic heterocycles. The number of ether oxygens (including phenoxy) is 2. The molecule has 138 valence electrons. The quantitative estimate of drug-likeness (QED) is 0.502. The summed E-state index contributed by atoms with van der Waals surface area (Å²) in [5.41, 5.74) is 8.41. The Kier molecular flexibility index (Phi) is 5.19. The van der Waals surface area contributed by atoms with Crippen LogP contribution in [0.15, 0.2) is 25.0 Å². The number of nitrogens with two attached hydrogens (primary N) is 1. The number of aromatic nitrogens is 5. The summed E-state index contributed by atoms with van der Waals surface area (Å²) in [4.78, 5) is 16.8. The molecular formula is C17H24N6O2Si. The van der Waals surface area contributed by atoms with E-state index >= 15 is 0 Å².